The van der Waals surface area contributed by atoms with Crippen LogP contribution in [-0.4, -0.2) is 28.8 Å². The lowest BCUT2D eigenvalue weighted by atomic mass is 9.93. The number of hydrogen-bond acceptors (Lipinski definition) is 5. The molecule has 27 heavy (non-hydrogen) atoms. The molecule has 1 saturated carbocycles. The minimum absolute atomic E-state index is 0.145. The van der Waals surface area contributed by atoms with E-state index in [-0.39, 0.29) is 11.2 Å². The fourth-order valence-corrected chi connectivity index (χ4v) is 4.30. The number of carboxylic acid groups (broad SMARTS) is 1. The van der Waals surface area contributed by atoms with Gasteiger partial charge in [0, 0.05) is 17.5 Å². The van der Waals surface area contributed by atoms with Gasteiger partial charge in [-0.15, -0.1) is 0 Å². The van der Waals surface area contributed by atoms with Crippen LogP contribution in [0.4, 0.5) is 0 Å². The molecule has 6 heteroatoms. The summed E-state index contributed by atoms with van der Waals surface area (Å²) < 4.78 is 17.8. The van der Waals surface area contributed by atoms with Gasteiger partial charge < -0.3 is 19.0 Å². The first-order valence-corrected chi connectivity index (χ1v) is 9.12. The largest absolute Gasteiger partial charge is 0.493 e. The fraction of sp³-hybridized carbons (Fsp3) is 0.333. The molecule has 1 aliphatic heterocycles. The summed E-state index contributed by atoms with van der Waals surface area (Å²) in [7, 11) is 1.64. The van der Waals surface area contributed by atoms with E-state index in [1.54, 1.807) is 13.2 Å². The molecule has 0 atom stereocenters. The molecular weight excluding hydrogens is 346 g/mol. The average molecular weight is 365 g/mol. The number of hydrogen-bond donors (Lipinski definition) is 1. The Kier molecular flexibility index (Phi) is 3.44. The summed E-state index contributed by atoms with van der Waals surface area (Å²) in [5.74, 6) is 0.994. The van der Waals surface area contributed by atoms with E-state index < -0.39 is 5.97 Å². The predicted molar refractivity (Wildman–Crippen MR) is 98.5 cm³/mol. The van der Waals surface area contributed by atoms with Crippen molar-refractivity contribution >= 4 is 17.1 Å². The Morgan fingerprint density at radius 2 is 2.04 bits per heavy atom. The summed E-state index contributed by atoms with van der Waals surface area (Å²) in [6.07, 6.45) is 5.24. The quantitative estimate of drug-likeness (QED) is 0.738. The van der Waals surface area contributed by atoms with Crippen LogP contribution in [0.15, 0.2) is 34.7 Å². The van der Waals surface area contributed by atoms with Gasteiger partial charge in [-0.25, -0.2) is 9.78 Å². The second kappa shape index (κ2) is 5.74. The maximum Gasteiger partial charge on any atom is 0.335 e. The molecule has 0 unspecified atom stereocenters. The number of aromatic carboxylic acids is 1. The molecule has 2 aliphatic rings. The molecule has 0 bridgehead atoms. The normalized spacial score (nSPS) is 17.2. The number of carboxylic acids is 1. The van der Waals surface area contributed by atoms with Crippen molar-refractivity contribution in [1.29, 1.82) is 0 Å². The molecule has 0 radical (unpaired) electrons. The van der Waals surface area contributed by atoms with Gasteiger partial charge in [0.05, 0.1) is 12.7 Å². The van der Waals surface area contributed by atoms with Crippen molar-refractivity contribution in [3.63, 3.8) is 0 Å². The highest BCUT2D eigenvalue weighted by molar-refractivity contribution is 5.92. The van der Waals surface area contributed by atoms with Crippen molar-refractivity contribution < 1.29 is 23.8 Å². The molecule has 6 nitrogen and oxygen atoms in total. The number of oxazole rings is 1. The first-order chi connectivity index (χ1) is 13.1. The Bertz CT molecular complexity index is 1060. The molecule has 2 heterocycles. The average Bonchev–Trinajstić information content (AvgIpc) is 3.38. The van der Waals surface area contributed by atoms with E-state index in [0.29, 0.717) is 17.0 Å². The van der Waals surface area contributed by atoms with Gasteiger partial charge in [0.1, 0.15) is 11.1 Å². The Balaban J connectivity index is 1.63. The van der Waals surface area contributed by atoms with Gasteiger partial charge in [-0.2, -0.15) is 0 Å². The zero-order chi connectivity index (χ0) is 18.6. The summed E-state index contributed by atoms with van der Waals surface area (Å²) in [5, 5.41) is 9.18. The minimum Gasteiger partial charge on any atom is -0.493 e. The van der Waals surface area contributed by atoms with Gasteiger partial charge in [-0.05, 0) is 56.0 Å². The van der Waals surface area contributed by atoms with Gasteiger partial charge in [-0.3, -0.25) is 0 Å². The van der Waals surface area contributed by atoms with Crippen LogP contribution < -0.4 is 9.47 Å². The van der Waals surface area contributed by atoms with E-state index in [4.69, 9.17) is 13.9 Å². The van der Waals surface area contributed by atoms with Crippen molar-refractivity contribution in [3.05, 3.63) is 41.5 Å². The monoisotopic (exact) mass is 365 g/mol. The lowest BCUT2D eigenvalue weighted by Crippen LogP contribution is -2.30. The number of carbonyl (C=O) groups is 1. The lowest BCUT2D eigenvalue weighted by Gasteiger charge is -2.22. The second-order valence-corrected chi connectivity index (χ2v) is 7.30. The molecule has 0 amide bonds. The summed E-state index contributed by atoms with van der Waals surface area (Å²) in [4.78, 5) is 15.8. The van der Waals surface area contributed by atoms with Gasteiger partial charge >= 0.3 is 5.97 Å². The predicted octanol–water partition coefficient (Wildman–Crippen LogP) is 4.45. The van der Waals surface area contributed by atoms with Crippen LogP contribution in [-0.2, 0) is 6.42 Å². The summed E-state index contributed by atoms with van der Waals surface area (Å²) >= 11 is 0. The van der Waals surface area contributed by atoms with Gasteiger partial charge in [0.25, 0.3) is 0 Å². The maximum absolute atomic E-state index is 11.2. The number of aromatic nitrogens is 1. The van der Waals surface area contributed by atoms with Gasteiger partial charge in [0.2, 0.25) is 5.89 Å². The molecule has 1 spiro atoms. The van der Waals surface area contributed by atoms with Crippen LogP contribution in [0.25, 0.3) is 22.6 Å². The van der Waals surface area contributed by atoms with Crippen LogP contribution in [0, 0.1) is 0 Å². The third kappa shape index (κ3) is 2.47. The zero-order valence-corrected chi connectivity index (χ0v) is 14.9. The van der Waals surface area contributed by atoms with Crippen molar-refractivity contribution in [3.8, 4) is 23.0 Å². The molecule has 1 fully saturated rings. The van der Waals surface area contributed by atoms with Crippen molar-refractivity contribution in [2.45, 2.75) is 37.7 Å². The molecule has 1 N–H and O–H groups in total. The van der Waals surface area contributed by atoms with Crippen LogP contribution >= 0.6 is 0 Å². The van der Waals surface area contributed by atoms with E-state index in [0.717, 1.165) is 41.9 Å². The van der Waals surface area contributed by atoms with E-state index in [2.05, 4.69) is 4.98 Å². The molecule has 138 valence electrons. The molecular formula is C21H19NO5. The fourth-order valence-electron chi connectivity index (χ4n) is 4.30. The zero-order valence-electron chi connectivity index (χ0n) is 14.9. The summed E-state index contributed by atoms with van der Waals surface area (Å²) in [6.45, 7) is 0. The number of rotatable bonds is 3. The van der Waals surface area contributed by atoms with Crippen LogP contribution in [0.2, 0.25) is 0 Å². The minimum atomic E-state index is -0.989. The highest BCUT2D eigenvalue weighted by Crippen LogP contribution is 2.51. The second-order valence-electron chi connectivity index (χ2n) is 7.30. The van der Waals surface area contributed by atoms with Crippen LogP contribution in [0.5, 0.6) is 11.5 Å². The van der Waals surface area contributed by atoms with Crippen LogP contribution in [0.3, 0.4) is 0 Å². The van der Waals surface area contributed by atoms with Crippen molar-refractivity contribution in [2.75, 3.05) is 7.11 Å². The van der Waals surface area contributed by atoms with Crippen LogP contribution in [0.1, 0.15) is 41.6 Å². The SMILES string of the molecule is COc1ccc(-c2nc3ccc(C(=O)O)cc3o2)c2c1OC1(CCCC1)C2. The van der Waals surface area contributed by atoms with E-state index in [9.17, 15) is 9.90 Å². The molecule has 5 rings (SSSR count). The topological polar surface area (TPSA) is 81.8 Å². The molecule has 2 aromatic carbocycles. The standard InChI is InChI=1S/C21H19NO5/c1-25-16-7-5-13(14-11-21(27-18(14)16)8-2-3-9-21)19-22-15-6-4-12(20(23)24)10-17(15)26-19/h4-7,10H,2-3,8-9,11H2,1H3,(H,23,24). The third-order valence-electron chi connectivity index (χ3n) is 5.64. The number of methoxy groups -OCH3 is 1. The Morgan fingerprint density at radius 1 is 1.22 bits per heavy atom. The highest BCUT2D eigenvalue weighted by atomic mass is 16.5. The van der Waals surface area contributed by atoms with Crippen molar-refractivity contribution in [2.24, 2.45) is 0 Å². The maximum atomic E-state index is 11.2. The first kappa shape index (κ1) is 16.2. The van der Waals surface area contributed by atoms with Gasteiger partial charge in [0.15, 0.2) is 17.1 Å². The Labute approximate surface area is 155 Å². The lowest BCUT2D eigenvalue weighted by molar-refractivity contribution is 0.0697. The van der Waals surface area contributed by atoms with Crippen molar-refractivity contribution in [1.82, 2.24) is 4.98 Å². The molecule has 1 aliphatic carbocycles. The number of nitrogens with zero attached hydrogens (tertiary/aromatic N) is 1. The molecule has 1 aromatic heterocycles. The van der Waals surface area contributed by atoms with E-state index in [1.807, 2.05) is 12.1 Å². The molecule has 0 saturated heterocycles. The first-order valence-electron chi connectivity index (χ1n) is 9.12. The summed E-state index contributed by atoms with van der Waals surface area (Å²) in [5.41, 5.74) is 3.06. The number of ether oxygens (including phenoxy) is 2. The smallest absolute Gasteiger partial charge is 0.335 e. The highest BCUT2D eigenvalue weighted by Gasteiger charge is 2.44. The van der Waals surface area contributed by atoms with E-state index in [1.165, 1.54) is 25.0 Å². The molecule has 3 aromatic rings. The Morgan fingerprint density at radius 3 is 2.78 bits per heavy atom. The number of fused-ring (bicyclic) bond motifs is 2. The summed E-state index contributed by atoms with van der Waals surface area (Å²) in [6, 6.07) is 8.53. The Hall–Kier alpha value is -3.02. The van der Waals surface area contributed by atoms with E-state index >= 15 is 0 Å². The number of benzene rings is 2. The third-order valence-corrected chi connectivity index (χ3v) is 5.64. The van der Waals surface area contributed by atoms with Gasteiger partial charge in [-0.1, -0.05) is 0 Å².